The maximum Gasteiger partial charge on any atom is 0.0541 e. The minimum Gasteiger partial charge on any atom is -0.316 e. The second kappa shape index (κ2) is 7.94. The quantitative estimate of drug-likeness (QED) is 0.757. The molecule has 20 heavy (non-hydrogen) atoms. The van der Waals surface area contributed by atoms with Gasteiger partial charge in [-0.3, -0.25) is 0 Å². The maximum absolute atomic E-state index is 6.17. The van der Waals surface area contributed by atoms with Crippen molar-refractivity contribution < 1.29 is 0 Å². The van der Waals surface area contributed by atoms with Crippen LogP contribution >= 0.6 is 35.0 Å². The minimum atomic E-state index is 0.400. The number of hydrogen-bond acceptors (Lipinski definition) is 2. The molecular formula is C16H17Cl2NS. The van der Waals surface area contributed by atoms with Crippen LogP contribution in [-0.4, -0.2) is 18.8 Å². The molecule has 2 rings (SSSR count). The van der Waals surface area contributed by atoms with Crippen LogP contribution in [0.2, 0.25) is 10.0 Å². The molecule has 0 aliphatic heterocycles. The topological polar surface area (TPSA) is 12.0 Å². The SMILES string of the molecule is CNC(CSc1ccccc1Cl)Cc1ccc(Cl)cc1. The number of thioether (sulfide) groups is 1. The summed E-state index contributed by atoms with van der Waals surface area (Å²) in [6.45, 7) is 0. The van der Waals surface area contributed by atoms with Gasteiger partial charge in [0.25, 0.3) is 0 Å². The first-order chi connectivity index (χ1) is 9.69. The molecule has 0 amide bonds. The number of halogens is 2. The second-order valence-corrected chi connectivity index (χ2v) is 6.46. The molecule has 0 radical (unpaired) electrons. The van der Waals surface area contributed by atoms with E-state index in [4.69, 9.17) is 23.2 Å². The van der Waals surface area contributed by atoms with Gasteiger partial charge in [-0.15, -0.1) is 11.8 Å². The molecule has 0 aliphatic rings. The van der Waals surface area contributed by atoms with Gasteiger partial charge in [-0.2, -0.15) is 0 Å². The van der Waals surface area contributed by atoms with Crippen LogP contribution in [0.5, 0.6) is 0 Å². The average molecular weight is 326 g/mol. The number of likely N-dealkylation sites (N-methyl/N-ethyl adjacent to an activating group) is 1. The molecule has 0 aliphatic carbocycles. The van der Waals surface area contributed by atoms with Crippen LogP contribution in [0.15, 0.2) is 53.4 Å². The molecule has 1 nitrogen and oxygen atoms in total. The largest absolute Gasteiger partial charge is 0.316 e. The normalized spacial score (nSPS) is 12.3. The summed E-state index contributed by atoms with van der Waals surface area (Å²) in [5, 5.41) is 4.95. The fraction of sp³-hybridized carbons (Fsp3) is 0.250. The Bertz CT molecular complexity index is 542. The first kappa shape index (κ1) is 15.7. The van der Waals surface area contributed by atoms with Gasteiger partial charge in [0.05, 0.1) is 5.02 Å². The van der Waals surface area contributed by atoms with Crippen LogP contribution in [0.3, 0.4) is 0 Å². The molecule has 1 unspecified atom stereocenters. The van der Waals surface area contributed by atoms with Crippen molar-refractivity contribution in [1.82, 2.24) is 5.32 Å². The molecule has 0 saturated heterocycles. The highest BCUT2D eigenvalue weighted by Crippen LogP contribution is 2.27. The summed E-state index contributed by atoms with van der Waals surface area (Å²) in [5.74, 6) is 0.975. The fourth-order valence-electron chi connectivity index (χ4n) is 1.90. The van der Waals surface area contributed by atoms with E-state index in [0.29, 0.717) is 6.04 Å². The molecule has 0 bridgehead atoms. The van der Waals surface area contributed by atoms with E-state index in [1.54, 1.807) is 11.8 Å². The van der Waals surface area contributed by atoms with E-state index in [1.165, 1.54) is 5.56 Å². The Kier molecular flexibility index (Phi) is 6.24. The average Bonchev–Trinajstić information content (AvgIpc) is 2.47. The zero-order chi connectivity index (χ0) is 14.4. The van der Waals surface area contributed by atoms with Crippen molar-refractivity contribution in [2.75, 3.05) is 12.8 Å². The lowest BCUT2D eigenvalue weighted by atomic mass is 10.1. The van der Waals surface area contributed by atoms with Crippen LogP contribution in [0.1, 0.15) is 5.56 Å². The highest BCUT2D eigenvalue weighted by molar-refractivity contribution is 7.99. The number of rotatable bonds is 6. The highest BCUT2D eigenvalue weighted by atomic mass is 35.5. The molecular weight excluding hydrogens is 309 g/mol. The number of benzene rings is 2. The van der Waals surface area contributed by atoms with Gasteiger partial charge >= 0.3 is 0 Å². The Balaban J connectivity index is 1.92. The summed E-state index contributed by atoms with van der Waals surface area (Å²) in [4.78, 5) is 1.13. The zero-order valence-corrected chi connectivity index (χ0v) is 13.6. The van der Waals surface area contributed by atoms with E-state index in [2.05, 4.69) is 23.5 Å². The second-order valence-electron chi connectivity index (χ2n) is 4.56. The maximum atomic E-state index is 6.17. The molecule has 4 heteroatoms. The monoisotopic (exact) mass is 325 g/mol. The first-order valence-corrected chi connectivity index (χ1v) is 8.22. The van der Waals surface area contributed by atoms with E-state index >= 15 is 0 Å². The minimum absolute atomic E-state index is 0.400. The van der Waals surface area contributed by atoms with Gasteiger partial charge in [0.1, 0.15) is 0 Å². The molecule has 0 saturated carbocycles. The van der Waals surface area contributed by atoms with E-state index in [-0.39, 0.29) is 0 Å². The number of hydrogen-bond donors (Lipinski definition) is 1. The summed E-state index contributed by atoms with van der Waals surface area (Å²) in [5.41, 5.74) is 1.29. The summed E-state index contributed by atoms with van der Waals surface area (Å²) in [7, 11) is 1.99. The van der Waals surface area contributed by atoms with Crippen molar-refractivity contribution in [3.05, 3.63) is 64.1 Å². The van der Waals surface area contributed by atoms with Crippen LogP contribution in [-0.2, 0) is 6.42 Å². The van der Waals surface area contributed by atoms with Crippen molar-refractivity contribution >= 4 is 35.0 Å². The smallest absolute Gasteiger partial charge is 0.0541 e. The predicted molar refractivity (Wildman–Crippen MR) is 90.2 cm³/mol. The van der Waals surface area contributed by atoms with Crippen molar-refractivity contribution in [2.24, 2.45) is 0 Å². The van der Waals surface area contributed by atoms with Gasteiger partial charge in [0.15, 0.2) is 0 Å². The summed E-state index contributed by atoms with van der Waals surface area (Å²) in [6, 6.07) is 16.4. The van der Waals surface area contributed by atoms with Crippen LogP contribution < -0.4 is 5.32 Å². The molecule has 0 heterocycles. The molecule has 0 spiro atoms. The Morgan fingerprint density at radius 2 is 1.75 bits per heavy atom. The third-order valence-corrected chi connectivity index (χ3v) is 5.01. The van der Waals surface area contributed by atoms with E-state index < -0.39 is 0 Å². The lowest BCUT2D eigenvalue weighted by Crippen LogP contribution is -2.30. The van der Waals surface area contributed by atoms with Crippen LogP contribution in [0.25, 0.3) is 0 Å². The van der Waals surface area contributed by atoms with E-state index in [1.807, 2.05) is 37.4 Å². The molecule has 1 atom stereocenters. The summed E-state index contributed by atoms with van der Waals surface area (Å²) >= 11 is 13.9. The van der Waals surface area contributed by atoms with Crippen molar-refractivity contribution in [3.8, 4) is 0 Å². The third kappa shape index (κ3) is 4.71. The van der Waals surface area contributed by atoms with Gasteiger partial charge in [0.2, 0.25) is 0 Å². The predicted octanol–water partition coefficient (Wildman–Crippen LogP) is 4.92. The standard InChI is InChI=1S/C16H17Cl2NS/c1-19-14(10-12-6-8-13(17)9-7-12)11-20-16-5-3-2-4-15(16)18/h2-9,14,19H,10-11H2,1H3. The van der Waals surface area contributed by atoms with Crippen molar-refractivity contribution in [2.45, 2.75) is 17.4 Å². The first-order valence-electron chi connectivity index (χ1n) is 6.48. The van der Waals surface area contributed by atoms with Gasteiger partial charge in [-0.1, -0.05) is 47.5 Å². The molecule has 106 valence electrons. The van der Waals surface area contributed by atoms with Crippen LogP contribution in [0.4, 0.5) is 0 Å². The molecule has 0 fully saturated rings. The Hall–Kier alpha value is -0.670. The molecule has 1 N–H and O–H groups in total. The Labute approximate surface area is 134 Å². The molecule has 0 aromatic heterocycles. The number of nitrogens with one attached hydrogen (secondary N) is 1. The Morgan fingerprint density at radius 1 is 1.05 bits per heavy atom. The summed E-state index contributed by atoms with van der Waals surface area (Å²) in [6.07, 6.45) is 0.977. The lowest BCUT2D eigenvalue weighted by molar-refractivity contribution is 0.617. The van der Waals surface area contributed by atoms with Gasteiger partial charge in [-0.25, -0.2) is 0 Å². The molecule has 2 aromatic carbocycles. The van der Waals surface area contributed by atoms with Gasteiger partial charge < -0.3 is 5.32 Å². The van der Waals surface area contributed by atoms with Gasteiger partial charge in [0, 0.05) is 21.7 Å². The van der Waals surface area contributed by atoms with E-state index in [0.717, 1.165) is 27.1 Å². The molecule has 2 aromatic rings. The lowest BCUT2D eigenvalue weighted by Gasteiger charge is -2.16. The zero-order valence-electron chi connectivity index (χ0n) is 11.3. The highest BCUT2D eigenvalue weighted by Gasteiger charge is 2.09. The van der Waals surface area contributed by atoms with Crippen molar-refractivity contribution in [3.63, 3.8) is 0 Å². The van der Waals surface area contributed by atoms with Crippen molar-refractivity contribution in [1.29, 1.82) is 0 Å². The van der Waals surface area contributed by atoms with E-state index in [9.17, 15) is 0 Å². The fourth-order valence-corrected chi connectivity index (χ4v) is 3.37. The third-order valence-electron chi connectivity index (χ3n) is 3.08. The van der Waals surface area contributed by atoms with Crippen LogP contribution in [0, 0.1) is 0 Å². The Morgan fingerprint density at radius 3 is 2.40 bits per heavy atom. The summed E-state index contributed by atoms with van der Waals surface area (Å²) < 4.78 is 0. The van der Waals surface area contributed by atoms with Gasteiger partial charge in [-0.05, 0) is 43.3 Å².